The van der Waals surface area contributed by atoms with E-state index in [1.807, 2.05) is 35.2 Å². The van der Waals surface area contributed by atoms with Crippen LogP contribution in [0.15, 0.2) is 42.7 Å². The van der Waals surface area contributed by atoms with Crippen molar-refractivity contribution in [2.24, 2.45) is 11.8 Å². The predicted molar refractivity (Wildman–Crippen MR) is 116 cm³/mol. The van der Waals surface area contributed by atoms with Gasteiger partial charge in [0.15, 0.2) is 0 Å². The zero-order valence-corrected chi connectivity index (χ0v) is 18.0. The summed E-state index contributed by atoms with van der Waals surface area (Å²) in [7, 11) is 0. The van der Waals surface area contributed by atoms with E-state index in [9.17, 15) is 14.4 Å². The molecule has 3 heterocycles. The van der Waals surface area contributed by atoms with E-state index >= 15 is 0 Å². The van der Waals surface area contributed by atoms with Crippen molar-refractivity contribution in [3.8, 4) is 5.69 Å². The molecule has 2 saturated heterocycles. The van der Waals surface area contributed by atoms with Crippen molar-refractivity contribution in [2.45, 2.75) is 45.1 Å². The quantitative estimate of drug-likeness (QED) is 0.699. The predicted octanol–water partition coefficient (Wildman–Crippen LogP) is 2.74. The Kier molecular flexibility index (Phi) is 5.80. The first-order valence-electron chi connectivity index (χ1n) is 10.9. The minimum Gasteiger partial charge on any atom is -0.339 e. The summed E-state index contributed by atoms with van der Waals surface area (Å²) in [6.07, 6.45) is 6.15. The highest BCUT2D eigenvalue weighted by Gasteiger charge is 2.52. The number of para-hydroxylation sites is 1. The summed E-state index contributed by atoms with van der Waals surface area (Å²) >= 11 is 0. The van der Waals surface area contributed by atoms with Gasteiger partial charge in [0.05, 0.1) is 17.4 Å². The van der Waals surface area contributed by atoms with Crippen molar-refractivity contribution in [3.05, 3.63) is 48.3 Å². The largest absolute Gasteiger partial charge is 0.339 e. The van der Waals surface area contributed by atoms with Crippen molar-refractivity contribution < 1.29 is 14.4 Å². The van der Waals surface area contributed by atoms with Crippen LogP contribution in [0.4, 0.5) is 4.79 Å². The maximum absolute atomic E-state index is 13.0. The molecular weight excluding hydrogens is 394 g/mol. The summed E-state index contributed by atoms with van der Waals surface area (Å²) in [5.41, 5.74) is 0.577. The summed E-state index contributed by atoms with van der Waals surface area (Å²) < 4.78 is 1.69. The highest BCUT2D eigenvalue weighted by atomic mass is 16.2. The first-order chi connectivity index (χ1) is 14.9. The summed E-state index contributed by atoms with van der Waals surface area (Å²) in [4.78, 5) is 39.4. The molecule has 0 aliphatic carbocycles. The lowest BCUT2D eigenvalue weighted by molar-refractivity contribution is -0.127. The number of amides is 4. The lowest BCUT2D eigenvalue weighted by Gasteiger charge is -2.41. The van der Waals surface area contributed by atoms with Crippen LogP contribution in [0.2, 0.25) is 0 Å². The first-order valence-corrected chi connectivity index (χ1v) is 10.9. The number of likely N-dealkylation sites (tertiary alicyclic amines) is 1. The van der Waals surface area contributed by atoms with Crippen LogP contribution in [0, 0.1) is 11.8 Å². The number of aromatic nitrogens is 2. The van der Waals surface area contributed by atoms with Crippen LogP contribution in [0.5, 0.6) is 0 Å². The second-order valence-corrected chi connectivity index (χ2v) is 8.89. The molecule has 4 rings (SSSR count). The number of piperidine rings is 1. The molecule has 1 aromatic heterocycles. The number of benzene rings is 1. The van der Waals surface area contributed by atoms with Crippen LogP contribution >= 0.6 is 0 Å². The molecule has 4 amide bonds. The second kappa shape index (κ2) is 8.53. The number of carbonyl (C=O) groups is 3. The molecule has 0 radical (unpaired) electrons. The molecule has 2 aromatic rings. The summed E-state index contributed by atoms with van der Waals surface area (Å²) in [5.74, 6) is 0.155. The standard InChI is InChI=1S/C23H29N5O3/c1-16(2)8-11-23(21(30)25-22(31)26-23)18-9-12-27(13-10-18)20(29)17-14-24-28(15-17)19-6-4-3-5-7-19/h3-7,14-16,18H,8-13H2,1-2H3,(H2,25,26,30,31)/t23-/m1/s1. The third-order valence-electron chi connectivity index (χ3n) is 6.41. The molecule has 0 bridgehead atoms. The molecule has 2 N–H and O–H groups in total. The lowest BCUT2D eigenvalue weighted by Crippen LogP contribution is -2.56. The number of hydrogen-bond donors (Lipinski definition) is 2. The molecule has 1 atom stereocenters. The minimum absolute atomic E-state index is 0.00814. The Labute approximate surface area is 182 Å². The Morgan fingerprint density at radius 3 is 2.52 bits per heavy atom. The van der Waals surface area contributed by atoms with E-state index in [1.165, 1.54) is 0 Å². The van der Waals surface area contributed by atoms with Gasteiger partial charge in [-0.15, -0.1) is 0 Å². The van der Waals surface area contributed by atoms with E-state index < -0.39 is 11.6 Å². The van der Waals surface area contributed by atoms with Gasteiger partial charge in [-0.2, -0.15) is 5.10 Å². The number of nitrogens with one attached hydrogen (secondary N) is 2. The number of carbonyl (C=O) groups excluding carboxylic acids is 3. The SMILES string of the molecule is CC(C)CC[C@]1(C2CCN(C(=O)c3cnn(-c4ccccc4)c3)CC2)NC(=O)NC1=O. The Morgan fingerprint density at radius 1 is 1.19 bits per heavy atom. The fourth-order valence-electron chi connectivity index (χ4n) is 4.60. The van der Waals surface area contributed by atoms with Crippen molar-refractivity contribution >= 4 is 17.8 Å². The van der Waals surface area contributed by atoms with E-state index in [1.54, 1.807) is 17.1 Å². The maximum Gasteiger partial charge on any atom is 0.322 e. The molecule has 164 valence electrons. The highest BCUT2D eigenvalue weighted by Crippen LogP contribution is 2.35. The minimum atomic E-state index is -0.866. The van der Waals surface area contributed by atoms with E-state index in [-0.39, 0.29) is 17.7 Å². The van der Waals surface area contributed by atoms with Crippen LogP contribution in [0.3, 0.4) is 0 Å². The van der Waals surface area contributed by atoms with Gasteiger partial charge < -0.3 is 10.2 Å². The molecule has 8 nitrogen and oxygen atoms in total. The van der Waals surface area contributed by atoms with Crippen LogP contribution < -0.4 is 10.6 Å². The molecule has 31 heavy (non-hydrogen) atoms. The first kappa shape index (κ1) is 21.1. The van der Waals surface area contributed by atoms with Gasteiger partial charge in [0.25, 0.3) is 11.8 Å². The van der Waals surface area contributed by atoms with Gasteiger partial charge in [-0.3, -0.25) is 14.9 Å². The molecule has 0 unspecified atom stereocenters. The normalized spacial score (nSPS) is 22.0. The summed E-state index contributed by atoms with van der Waals surface area (Å²) in [6, 6.07) is 9.24. The van der Waals surface area contributed by atoms with Gasteiger partial charge >= 0.3 is 6.03 Å². The van der Waals surface area contributed by atoms with Crippen LogP contribution in [-0.2, 0) is 4.79 Å². The number of nitrogens with zero attached hydrogens (tertiary/aromatic N) is 3. The molecule has 1 aromatic carbocycles. The van der Waals surface area contributed by atoms with E-state index in [0.717, 1.165) is 12.1 Å². The molecule has 2 fully saturated rings. The van der Waals surface area contributed by atoms with E-state index in [2.05, 4.69) is 29.6 Å². The van der Waals surface area contributed by atoms with Gasteiger partial charge in [-0.1, -0.05) is 32.0 Å². The van der Waals surface area contributed by atoms with Gasteiger partial charge in [-0.25, -0.2) is 9.48 Å². The number of hydrogen-bond acceptors (Lipinski definition) is 4. The molecule has 0 spiro atoms. The third kappa shape index (κ3) is 4.19. The van der Waals surface area contributed by atoms with Gasteiger partial charge in [0.2, 0.25) is 0 Å². The zero-order chi connectivity index (χ0) is 22.0. The van der Waals surface area contributed by atoms with Gasteiger partial charge in [0, 0.05) is 19.3 Å². The van der Waals surface area contributed by atoms with Crippen molar-refractivity contribution in [1.82, 2.24) is 25.3 Å². The Balaban J connectivity index is 1.43. The average Bonchev–Trinajstić information content (AvgIpc) is 3.37. The zero-order valence-electron chi connectivity index (χ0n) is 18.0. The van der Waals surface area contributed by atoms with Crippen LogP contribution in [-0.4, -0.2) is 51.2 Å². The van der Waals surface area contributed by atoms with E-state index in [0.29, 0.717) is 43.8 Å². The molecule has 2 aliphatic heterocycles. The van der Waals surface area contributed by atoms with E-state index in [4.69, 9.17) is 0 Å². The fraction of sp³-hybridized carbons (Fsp3) is 0.478. The Hall–Kier alpha value is -3.16. The van der Waals surface area contributed by atoms with Gasteiger partial charge in [0.1, 0.15) is 5.54 Å². The van der Waals surface area contributed by atoms with Crippen molar-refractivity contribution in [2.75, 3.05) is 13.1 Å². The number of imide groups is 1. The van der Waals surface area contributed by atoms with Crippen molar-refractivity contribution in [1.29, 1.82) is 0 Å². The van der Waals surface area contributed by atoms with Crippen molar-refractivity contribution in [3.63, 3.8) is 0 Å². The third-order valence-corrected chi connectivity index (χ3v) is 6.41. The molecular formula is C23H29N5O3. The molecule has 0 saturated carbocycles. The van der Waals surface area contributed by atoms with Crippen LogP contribution in [0.25, 0.3) is 5.69 Å². The molecule has 2 aliphatic rings. The lowest BCUT2D eigenvalue weighted by atomic mass is 9.74. The second-order valence-electron chi connectivity index (χ2n) is 8.89. The smallest absolute Gasteiger partial charge is 0.322 e. The molecule has 8 heteroatoms. The van der Waals surface area contributed by atoms with Crippen LogP contribution in [0.1, 0.15) is 49.9 Å². The maximum atomic E-state index is 13.0. The summed E-state index contributed by atoms with van der Waals surface area (Å²) in [5, 5.41) is 9.67. The number of urea groups is 1. The Morgan fingerprint density at radius 2 is 1.90 bits per heavy atom. The average molecular weight is 424 g/mol. The number of rotatable bonds is 6. The van der Waals surface area contributed by atoms with Gasteiger partial charge in [-0.05, 0) is 49.7 Å². The fourth-order valence-corrected chi connectivity index (χ4v) is 4.60. The Bertz CT molecular complexity index is 963. The highest BCUT2D eigenvalue weighted by molar-refractivity contribution is 6.07. The topological polar surface area (TPSA) is 96.3 Å². The monoisotopic (exact) mass is 423 g/mol. The summed E-state index contributed by atoms with van der Waals surface area (Å²) in [6.45, 7) is 5.32.